The lowest BCUT2D eigenvalue weighted by molar-refractivity contribution is 0.524. The van der Waals surface area contributed by atoms with Crippen molar-refractivity contribution in [3.63, 3.8) is 0 Å². The lowest BCUT2D eigenvalue weighted by atomic mass is 10.2. The van der Waals surface area contributed by atoms with E-state index in [1.54, 1.807) is 6.33 Å². The van der Waals surface area contributed by atoms with Gasteiger partial charge in [-0.1, -0.05) is 6.92 Å². The largest absolute Gasteiger partial charge is 0.308 e. The van der Waals surface area contributed by atoms with Crippen LogP contribution in [0, 0.1) is 0 Å². The number of hydrogen-bond acceptors (Lipinski definition) is 4. The molecule has 0 aromatic carbocycles. The van der Waals surface area contributed by atoms with E-state index < -0.39 is 0 Å². The van der Waals surface area contributed by atoms with E-state index in [0.717, 1.165) is 31.9 Å². The van der Waals surface area contributed by atoms with E-state index in [2.05, 4.69) is 42.4 Å². The van der Waals surface area contributed by atoms with E-state index in [9.17, 15) is 0 Å². The zero-order valence-electron chi connectivity index (χ0n) is 10.7. The molecule has 0 unspecified atom stereocenters. The molecule has 16 heavy (non-hydrogen) atoms. The number of rotatable bonds is 7. The molecule has 0 fully saturated rings. The zero-order chi connectivity index (χ0) is 12.0. The molecule has 0 aliphatic heterocycles. The molecular formula is C11H22N4S. The number of hydrogen-bond donors (Lipinski definition) is 1. The third-order valence-corrected chi connectivity index (χ3v) is 3.77. The first-order chi connectivity index (χ1) is 7.59. The van der Waals surface area contributed by atoms with Crippen molar-refractivity contribution in [1.82, 2.24) is 20.1 Å². The Kier molecular flexibility index (Phi) is 5.28. The molecule has 0 aliphatic carbocycles. The molecule has 1 aromatic rings. The van der Waals surface area contributed by atoms with E-state index in [1.807, 2.05) is 16.4 Å². The Morgan fingerprint density at radius 2 is 2.25 bits per heavy atom. The van der Waals surface area contributed by atoms with Gasteiger partial charge >= 0.3 is 0 Å². The van der Waals surface area contributed by atoms with Crippen molar-refractivity contribution in [2.75, 3.05) is 12.8 Å². The second kappa shape index (κ2) is 6.25. The minimum Gasteiger partial charge on any atom is -0.308 e. The maximum Gasteiger partial charge on any atom is 0.140 e. The number of nitrogens with one attached hydrogen (secondary N) is 1. The van der Waals surface area contributed by atoms with Gasteiger partial charge in [0.2, 0.25) is 0 Å². The Balaban J connectivity index is 2.39. The van der Waals surface area contributed by atoms with Crippen LogP contribution in [-0.2, 0) is 13.1 Å². The van der Waals surface area contributed by atoms with E-state index in [4.69, 9.17) is 0 Å². The van der Waals surface area contributed by atoms with Gasteiger partial charge < -0.3 is 5.32 Å². The summed E-state index contributed by atoms with van der Waals surface area (Å²) < 4.78 is 2.24. The third-order valence-electron chi connectivity index (χ3n) is 2.52. The zero-order valence-corrected chi connectivity index (χ0v) is 11.5. The molecule has 92 valence electrons. The molecule has 1 rings (SSSR count). The van der Waals surface area contributed by atoms with Crippen LogP contribution in [-0.4, -0.2) is 32.3 Å². The predicted octanol–water partition coefficient (Wildman–Crippen LogP) is 1.92. The average Bonchev–Trinajstić information content (AvgIpc) is 2.66. The van der Waals surface area contributed by atoms with Gasteiger partial charge in [0.1, 0.15) is 12.2 Å². The molecular weight excluding hydrogens is 220 g/mol. The van der Waals surface area contributed by atoms with Gasteiger partial charge in [-0.05, 0) is 26.5 Å². The quantitative estimate of drug-likeness (QED) is 0.793. The van der Waals surface area contributed by atoms with Crippen LogP contribution in [0.1, 0.15) is 33.0 Å². The Hall–Kier alpha value is -0.550. The van der Waals surface area contributed by atoms with Gasteiger partial charge in [0.15, 0.2) is 0 Å². The average molecular weight is 242 g/mol. The third kappa shape index (κ3) is 4.14. The summed E-state index contributed by atoms with van der Waals surface area (Å²) in [4.78, 5) is 4.26. The normalized spacial score (nSPS) is 12.0. The van der Waals surface area contributed by atoms with Gasteiger partial charge in [-0.15, -0.1) is 0 Å². The highest BCUT2D eigenvalue weighted by Crippen LogP contribution is 2.19. The van der Waals surface area contributed by atoms with Crippen LogP contribution in [0.5, 0.6) is 0 Å². The Bertz CT molecular complexity index is 309. The van der Waals surface area contributed by atoms with Gasteiger partial charge in [-0.2, -0.15) is 16.9 Å². The van der Waals surface area contributed by atoms with Gasteiger partial charge in [0, 0.05) is 17.8 Å². The molecule has 5 heteroatoms. The van der Waals surface area contributed by atoms with Crippen LogP contribution in [0.15, 0.2) is 6.33 Å². The van der Waals surface area contributed by atoms with E-state index in [-0.39, 0.29) is 4.75 Å². The van der Waals surface area contributed by atoms with E-state index >= 15 is 0 Å². The molecule has 0 amide bonds. The molecule has 0 spiro atoms. The van der Waals surface area contributed by atoms with Gasteiger partial charge in [-0.25, -0.2) is 9.67 Å². The van der Waals surface area contributed by atoms with Crippen molar-refractivity contribution in [2.45, 2.75) is 45.0 Å². The summed E-state index contributed by atoms with van der Waals surface area (Å²) in [5.41, 5.74) is 0. The van der Waals surface area contributed by atoms with Crippen LogP contribution in [0.25, 0.3) is 0 Å². The molecule has 0 aliphatic rings. The highest BCUT2D eigenvalue weighted by atomic mass is 32.2. The maximum absolute atomic E-state index is 4.26. The molecule has 0 bridgehead atoms. The minimum atomic E-state index is 0.273. The topological polar surface area (TPSA) is 42.7 Å². The lowest BCUT2D eigenvalue weighted by Gasteiger charge is -2.22. The number of aryl methyl sites for hydroxylation is 1. The monoisotopic (exact) mass is 242 g/mol. The second-order valence-electron chi connectivity index (χ2n) is 4.47. The molecule has 1 N–H and O–H groups in total. The summed E-state index contributed by atoms with van der Waals surface area (Å²) in [5, 5.41) is 7.64. The standard InChI is InChI=1S/C11H22N4S/c1-5-6-15-10(13-9-14-15)7-12-8-11(2,3)16-4/h9,12H,5-8H2,1-4H3. The number of nitrogens with zero attached hydrogens (tertiary/aromatic N) is 3. The summed E-state index contributed by atoms with van der Waals surface area (Å²) >= 11 is 1.87. The second-order valence-corrected chi connectivity index (χ2v) is 5.98. The van der Waals surface area contributed by atoms with Crippen LogP contribution in [0.4, 0.5) is 0 Å². The van der Waals surface area contributed by atoms with E-state index in [1.165, 1.54) is 0 Å². The molecule has 4 nitrogen and oxygen atoms in total. The summed E-state index contributed by atoms with van der Waals surface area (Å²) in [5.74, 6) is 1.03. The predicted molar refractivity (Wildman–Crippen MR) is 69.6 cm³/mol. The van der Waals surface area contributed by atoms with E-state index in [0.29, 0.717) is 0 Å². The molecule has 0 atom stereocenters. The SMILES string of the molecule is CCCn1ncnc1CNCC(C)(C)SC. The van der Waals surface area contributed by atoms with Crippen LogP contribution in [0.2, 0.25) is 0 Å². The summed E-state index contributed by atoms with van der Waals surface area (Å²) in [6.07, 6.45) is 4.86. The Morgan fingerprint density at radius 3 is 2.88 bits per heavy atom. The van der Waals surface area contributed by atoms with Crippen LogP contribution >= 0.6 is 11.8 Å². The van der Waals surface area contributed by atoms with Gasteiger partial charge in [0.05, 0.1) is 6.54 Å². The molecule has 0 saturated heterocycles. The highest BCUT2D eigenvalue weighted by Gasteiger charge is 2.15. The first kappa shape index (κ1) is 13.5. The fourth-order valence-electron chi connectivity index (χ4n) is 1.37. The first-order valence-electron chi connectivity index (χ1n) is 5.71. The van der Waals surface area contributed by atoms with Crippen LogP contribution in [0.3, 0.4) is 0 Å². The molecule has 0 saturated carbocycles. The molecule has 0 radical (unpaired) electrons. The fourth-order valence-corrected chi connectivity index (χ4v) is 1.62. The Morgan fingerprint density at radius 1 is 1.50 bits per heavy atom. The lowest BCUT2D eigenvalue weighted by Crippen LogP contribution is -2.32. The molecule has 1 aromatic heterocycles. The summed E-state index contributed by atoms with van der Waals surface area (Å²) in [7, 11) is 0. The van der Waals surface area contributed by atoms with Crippen molar-refractivity contribution in [1.29, 1.82) is 0 Å². The summed E-state index contributed by atoms with van der Waals surface area (Å²) in [6, 6.07) is 0. The van der Waals surface area contributed by atoms with Crippen molar-refractivity contribution < 1.29 is 0 Å². The molecule has 1 heterocycles. The van der Waals surface area contributed by atoms with Gasteiger partial charge in [0.25, 0.3) is 0 Å². The summed E-state index contributed by atoms with van der Waals surface area (Å²) in [6.45, 7) is 9.35. The fraction of sp³-hybridized carbons (Fsp3) is 0.818. The van der Waals surface area contributed by atoms with Crippen LogP contribution < -0.4 is 5.32 Å². The first-order valence-corrected chi connectivity index (χ1v) is 6.94. The number of aromatic nitrogens is 3. The minimum absolute atomic E-state index is 0.273. The van der Waals surface area contributed by atoms with Crippen molar-refractivity contribution in [3.05, 3.63) is 12.2 Å². The van der Waals surface area contributed by atoms with Crippen molar-refractivity contribution in [3.8, 4) is 0 Å². The van der Waals surface area contributed by atoms with Crippen molar-refractivity contribution in [2.24, 2.45) is 0 Å². The van der Waals surface area contributed by atoms with Gasteiger partial charge in [-0.3, -0.25) is 0 Å². The Labute approximate surface area is 102 Å². The smallest absolute Gasteiger partial charge is 0.140 e. The number of thioether (sulfide) groups is 1. The van der Waals surface area contributed by atoms with Crippen molar-refractivity contribution >= 4 is 11.8 Å². The maximum atomic E-state index is 4.26. The highest BCUT2D eigenvalue weighted by molar-refractivity contribution is 7.99.